The van der Waals surface area contributed by atoms with E-state index >= 15 is 0 Å². The van der Waals surface area contributed by atoms with Crippen LogP contribution in [0.1, 0.15) is 79.2 Å². The molecule has 5 aliphatic carbocycles. The van der Waals surface area contributed by atoms with Gasteiger partial charge in [-0.05, 0) is 51.0 Å². The summed E-state index contributed by atoms with van der Waals surface area (Å²) in [5.41, 5.74) is -0.586. The van der Waals surface area contributed by atoms with Gasteiger partial charge in [0.25, 0.3) is 5.91 Å². The zero-order valence-electron chi connectivity index (χ0n) is 18.6. The van der Waals surface area contributed by atoms with Crippen molar-refractivity contribution in [2.45, 2.75) is 92.8 Å². The number of halogens is 6. The van der Waals surface area contributed by atoms with Crippen LogP contribution in [-0.4, -0.2) is 56.4 Å². The standard InChI is InChI=1S/C21H21F6N5O4/c22-20(23,24)35-12-3-10(4-12)16-29-30-17(34-16)18-7-19(8-18,9-18)28-15(33)14-1-2-32(31-14)11-5-13(6-11)36-21(25,26)27/h1-2,10-13H,3-9H2,(H,28,33). The Labute approximate surface area is 199 Å². The average molecular weight is 521 g/mol. The number of ether oxygens (including phenoxy) is 2. The first kappa shape index (κ1) is 23.7. The zero-order chi connectivity index (χ0) is 25.5. The molecule has 0 saturated heterocycles. The summed E-state index contributed by atoms with van der Waals surface area (Å²) in [6.45, 7) is 0. The van der Waals surface area contributed by atoms with Gasteiger partial charge < -0.3 is 9.73 Å². The van der Waals surface area contributed by atoms with E-state index in [0.717, 1.165) is 0 Å². The first-order valence-electron chi connectivity index (χ1n) is 11.5. The summed E-state index contributed by atoms with van der Waals surface area (Å²) < 4.78 is 88.9. The zero-order valence-corrected chi connectivity index (χ0v) is 18.6. The fourth-order valence-corrected chi connectivity index (χ4v) is 5.82. The van der Waals surface area contributed by atoms with Crippen LogP contribution < -0.4 is 5.32 Å². The van der Waals surface area contributed by atoms with Crippen molar-refractivity contribution in [3.63, 3.8) is 0 Å². The van der Waals surface area contributed by atoms with Crippen LogP contribution in [0.15, 0.2) is 16.7 Å². The lowest BCUT2D eigenvalue weighted by molar-refractivity contribution is -0.354. The van der Waals surface area contributed by atoms with Crippen molar-refractivity contribution in [1.82, 2.24) is 25.3 Å². The molecule has 196 valence electrons. The molecule has 1 N–H and O–H groups in total. The molecule has 36 heavy (non-hydrogen) atoms. The van der Waals surface area contributed by atoms with Gasteiger partial charge in [0.15, 0.2) is 0 Å². The van der Waals surface area contributed by atoms with Crippen molar-refractivity contribution >= 4 is 5.91 Å². The van der Waals surface area contributed by atoms with Gasteiger partial charge >= 0.3 is 12.7 Å². The lowest BCUT2D eigenvalue weighted by atomic mass is 9.39. The molecule has 7 rings (SSSR count). The maximum Gasteiger partial charge on any atom is 0.522 e. The van der Waals surface area contributed by atoms with Crippen LogP contribution in [0.25, 0.3) is 0 Å². The quantitative estimate of drug-likeness (QED) is 0.552. The third kappa shape index (κ3) is 4.25. The normalized spacial score (nSPS) is 35.3. The highest BCUT2D eigenvalue weighted by Gasteiger charge is 2.72. The number of nitrogens with zero attached hydrogens (tertiary/aromatic N) is 4. The summed E-state index contributed by atoms with van der Waals surface area (Å²) in [4.78, 5) is 12.7. The third-order valence-corrected chi connectivity index (χ3v) is 7.63. The number of rotatable bonds is 7. The maximum absolute atomic E-state index is 12.7. The molecule has 0 aromatic carbocycles. The molecular weight excluding hydrogens is 500 g/mol. The molecule has 0 radical (unpaired) electrons. The second-order valence-electron chi connectivity index (χ2n) is 10.3. The summed E-state index contributed by atoms with van der Waals surface area (Å²) in [5.74, 6) is 0.0968. The van der Waals surface area contributed by atoms with E-state index in [2.05, 4.69) is 30.1 Å². The predicted octanol–water partition coefficient (Wildman–Crippen LogP) is 3.89. The lowest BCUT2D eigenvalue weighted by Gasteiger charge is -2.68. The van der Waals surface area contributed by atoms with Crippen LogP contribution >= 0.6 is 0 Å². The van der Waals surface area contributed by atoms with E-state index in [1.54, 1.807) is 6.20 Å². The van der Waals surface area contributed by atoms with Crippen molar-refractivity contribution in [3.8, 4) is 0 Å². The monoisotopic (exact) mass is 521 g/mol. The second kappa shape index (κ2) is 7.66. The van der Waals surface area contributed by atoms with Gasteiger partial charge in [0, 0.05) is 17.7 Å². The van der Waals surface area contributed by atoms with E-state index in [9.17, 15) is 31.1 Å². The van der Waals surface area contributed by atoms with Crippen LogP contribution in [0.2, 0.25) is 0 Å². The Balaban J connectivity index is 0.978. The number of alkyl halides is 6. The van der Waals surface area contributed by atoms with Gasteiger partial charge in [-0.2, -0.15) is 5.10 Å². The number of amides is 1. The average Bonchev–Trinajstić information content (AvgIpc) is 3.30. The van der Waals surface area contributed by atoms with Crippen LogP contribution in [0.4, 0.5) is 26.3 Å². The van der Waals surface area contributed by atoms with Gasteiger partial charge in [-0.25, -0.2) is 0 Å². The molecule has 0 unspecified atom stereocenters. The van der Waals surface area contributed by atoms with E-state index in [-0.39, 0.29) is 54.7 Å². The maximum atomic E-state index is 12.7. The minimum Gasteiger partial charge on any atom is -0.424 e. The molecule has 2 aromatic rings. The van der Waals surface area contributed by atoms with E-state index in [1.165, 1.54) is 10.7 Å². The minimum atomic E-state index is -4.67. The Bertz CT molecular complexity index is 1140. The predicted molar refractivity (Wildman–Crippen MR) is 104 cm³/mol. The first-order chi connectivity index (χ1) is 16.8. The highest BCUT2D eigenvalue weighted by atomic mass is 19.4. The molecule has 1 amide bonds. The van der Waals surface area contributed by atoms with Gasteiger partial charge in [0.2, 0.25) is 11.8 Å². The fraction of sp³-hybridized carbons (Fsp3) is 0.714. The van der Waals surface area contributed by atoms with Crippen molar-refractivity contribution in [2.75, 3.05) is 0 Å². The van der Waals surface area contributed by atoms with Gasteiger partial charge in [0.1, 0.15) is 5.69 Å². The molecule has 2 aromatic heterocycles. The Morgan fingerprint density at radius 2 is 1.61 bits per heavy atom. The number of aromatic nitrogens is 4. The molecule has 0 aliphatic heterocycles. The van der Waals surface area contributed by atoms with Crippen LogP contribution in [0, 0.1) is 0 Å². The van der Waals surface area contributed by atoms with Gasteiger partial charge in [-0.1, -0.05) is 0 Å². The van der Waals surface area contributed by atoms with Gasteiger partial charge in [-0.3, -0.25) is 19.0 Å². The molecule has 9 nitrogen and oxygen atoms in total. The molecule has 0 atom stereocenters. The fourth-order valence-electron chi connectivity index (χ4n) is 5.82. The van der Waals surface area contributed by atoms with E-state index in [0.29, 0.717) is 31.0 Å². The van der Waals surface area contributed by atoms with Crippen LogP contribution in [-0.2, 0) is 14.9 Å². The summed E-state index contributed by atoms with van der Waals surface area (Å²) in [7, 11) is 0. The number of nitrogens with one attached hydrogen (secondary N) is 1. The largest absolute Gasteiger partial charge is 0.522 e. The Morgan fingerprint density at radius 3 is 2.22 bits per heavy atom. The lowest BCUT2D eigenvalue weighted by Crippen LogP contribution is -2.76. The number of hydrogen-bond acceptors (Lipinski definition) is 7. The highest BCUT2D eigenvalue weighted by Crippen LogP contribution is 2.67. The second-order valence-corrected chi connectivity index (χ2v) is 10.3. The van der Waals surface area contributed by atoms with Crippen molar-refractivity contribution in [1.29, 1.82) is 0 Å². The van der Waals surface area contributed by atoms with Crippen LogP contribution in [0.5, 0.6) is 0 Å². The molecule has 5 fully saturated rings. The van der Waals surface area contributed by atoms with Crippen molar-refractivity contribution < 1.29 is 45.0 Å². The van der Waals surface area contributed by atoms with E-state index in [1.807, 2.05) is 0 Å². The van der Waals surface area contributed by atoms with Gasteiger partial charge in [-0.15, -0.1) is 36.5 Å². The molecule has 15 heteroatoms. The summed E-state index contributed by atoms with van der Waals surface area (Å²) in [5, 5.41) is 15.3. The Morgan fingerprint density at radius 1 is 1.00 bits per heavy atom. The van der Waals surface area contributed by atoms with Crippen molar-refractivity contribution in [2.24, 2.45) is 0 Å². The first-order valence-corrected chi connectivity index (χ1v) is 11.5. The molecule has 0 spiro atoms. The number of carbonyl (C=O) groups excluding carboxylic acids is 1. The molecular formula is C21H21F6N5O4. The van der Waals surface area contributed by atoms with Gasteiger partial charge in [0.05, 0.1) is 23.7 Å². The van der Waals surface area contributed by atoms with Crippen molar-refractivity contribution in [3.05, 3.63) is 29.7 Å². The summed E-state index contributed by atoms with van der Waals surface area (Å²) in [6.07, 6.45) is -7.13. The Kier molecular flexibility index (Phi) is 5.05. The number of hydrogen-bond donors (Lipinski definition) is 1. The highest BCUT2D eigenvalue weighted by molar-refractivity contribution is 5.93. The summed E-state index contributed by atoms with van der Waals surface area (Å²) >= 11 is 0. The molecule has 2 bridgehead atoms. The van der Waals surface area contributed by atoms with Crippen LogP contribution in [0.3, 0.4) is 0 Å². The number of carbonyl (C=O) groups is 1. The minimum absolute atomic E-state index is 0.164. The Hall–Kier alpha value is -2.68. The molecule has 5 saturated carbocycles. The summed E-state index contributed by atoms with van der Waals surface area (Å²) in [6, 6.07) is 1.27. The van der Waals surface area contributed by atoms with E-state index in [4.69, 9.17) is 4.42 Å². The molecule has 5 aliphatic rings. The topological polar surface area (TPSA) is 104 Å². The SMILES string of the molecule is O=C(NC12CC(c3nnc(C4CC(OC(F)(F)F)C4)o3)(C1)C2)c1ccn(C2CC(OC(F)(F)F)C2)n1. The molecule has 2 heterocycles. The van der Waals surface area contributed by atoms with E-state index < -0.39 is 30.5 Å². The smallest absolute Gasteiger partial charge is 0.424 e. The third-order valence-electron chi connectivity index (χ3n) is 7.63.